The number of nitrogens with one attached hydrogen (secondary N) is 1. The van der Waals surface area contributed by atoms with Crippen molar-refractivity contribution in [3.63, 3.8) is 0 Å². The number of anilines is 1. The summed E-state index contributed by atoms with van der Waals surface area (Å²) in [6.07, 6.45) is 0.177. The fourth-order valence-electron chi connectivity index (χ4n) is 2.75. The first-order chi connectivity index (χ1) is 12.0. The molecule has 0 aliphatic carbocycles. The molecule has 1 aliphatic heterocycles. The van der Waals surface area contributed by atoms with E-state index in [1.807, 2.05) is 49.6 Å². The molecule has 1 fully saturated rings. The van der Waals surface area contributed by atoms with E-state index in [1.54, 1.807) is 16.2 Å². The Morgan fingerprint density at radius 1 is 1.32 bits per heavy atom. The van der Waals surface area contributed by atoms with E-state index in [9.17, 15) is 9.59 Å². The predicted octanol–water partition coefficient (Wildman–Crippen LogP) is 2.46. The Kier molecular flexibility index (Phi) is 5.50. The summed E-state index contributed by atoms with van der Waals surface area (Å²) in [6.45, 7) is 4.97. The van der Waals surface area contributed by atoms with Crippen LogP contribution in [0.1, 0.15) is 16.0 Å². The molecule has 1 atom stereocenters. The van der Waals surface area contributed by atoms with E-state index < -0.39 is 0 Å². The van der Waals surface area contributed by atoms with Crippen LogP contribution in [0.25, 0.3) is 0 Å². The van der Waals surface area contributed by atoms with E-state index in [0.717, 1.165) is 16.1 Å². The SMILES string of the molecule is Cc1ccc(N2CC(CNC(=O)Cc3cccs3)OCC2=O)cc1C. The van der Waals surface area contributed by atoms with Crippen LogP contribution in [0.15, 0.2) is 35.7 Å². The molecule has 2 heterocycles. The van der Waals surface area contributed by atoms with Gasteiger partial charge in [0.2, 0.25) is 5.91 Å². The molecule has 6 heteroatoms. The van der Waals surface area contributed by atoms with Gasteiger partial charge in [0.1, 0.15) is 6.61 Å². The lowest BCUT2D eigenvalue weighted by Crippen LogP contribution is -2.50. The molecule has 1 aromatic carbocycles. The molecular weight excluding hydrogens is 336 g/mol. The van der Waals surface area contributed by atoms with Crippen LogP contribution in [0.3, 0.4) is 0 Å². The van der Waals surface area contributed by atoms with Crippen molar-refractivity contribution in [3.05, 3.63) is 51.7 Å². The lowest BCUT2D eigenvalue weighted by atomic mass is 10.1. The molecular formula is C19H22N2O3S. The molecule has 132 valence electrons. The van der Waals surface area contributed by atoms with E-state index in [2.05, 4.69) is 5.32 Å². The Morgan fingerprint density at radius 3 is 2.88 bits per heavy atom. The van der Waals surface area contributed by atoms with E-state index in [-0.39, 0.29) is 24.5 Å². The normalized spacial score (nSPS) is 17.6. The van der Waals surface area contributed by atoms with Crippen LogP contribution in [0, 0.1) is 13.8 Å². The first kappa shape index (κ1) is 17.6. The molecule has 5 nitrogen and oxygen atoms in total. The summed E-state index contributed by atoms with van der Waals surface area (Å²) >= 11 is 1.57. The van der Waals surface area contributed by atoms with Gasteiger partial charge in [0.15, 0.2) is 0 Å². The van der Waals surface area contributed by atoms with Gasteiger partial charge >= 0.3 is 0 Å². The van der Waals surface area contributed by atoms with Crippen LogP contribution in [0.2, 0.25) is 0 Å². The third-order valence-electron chi connectivity index (χ3n) is 4.37. The largest absolute Gasteiger partial charge is 0.365 e. The van der Waals surface area contributed by atoms with E-state index >= 15 is 0 Å². The van der Waals surface area contributed by atoms with Crippen LogP contribution in [0.4, 0.5) is 5.69 Å². The number of hydrogen-bond acceptors (Lipinski definition) is 4. The van der Waals surface area contributed by atoms with Crippen molar-refractivity contribution < 1.29 is 14.3 Å². The highest BCUT2D eigenvalue weighted by Gasteiger charge is 2.27. The van der Waals surface area contributed by atoms with Crippen molar-refractivity contribution in [2.75, 3.05) is 24.6 Å². The number of aryl methyl sites for hydroxylation is 2. The second-order valence-electron chi connectivity index (χ2n) is 6.27. The van der Waals surface area contributed by atoms with Gasteiger partial charge in [0.05, 0.1) is 19.1 Å². The molecule has 1 saturated heterocycles. The third-order valence-corrected chi connectivity index (χ3v) is 5.25. The van der Waals surface area contributed by atoms with Gasteiger partial charge in [-0.2, -0.15) is 0 Å². The Morgan fingerprint density at radius 2 is 2.16 bits per heavy atom. The lowest BCUT2D eigenvalue weighted by Gasteiger charge is -2.33. The highest BCUT2D eigenvalue weighted by atomic mass is 32.1. The molecule has 0 radical (unpaired) electrons. The molecule has 2 aromatic rings. The standard InChI is InChI=1S/C19H22N2O3S/c1-13-5-6-15(8-14(13)2)21-11-16(24-12-19(21)23)10-20-18(22)9-17-4-3-7-25-17/h3-8,16H,9-12H2,1-2H3,(H,20,22). The summed E-state index contributed by atoms with van der Waals surface area (Å²) in [5.41, 5.74) is 3.23. The lowest BCUT2D eigenvalue weighted by molar-refractivity contribution is -0.129. The van der Waals surface area contributed by atoms with Crippen molar-refractivity contribution in [3.8, 4) is 0 Å². The highest BCUT2D eigenvalue weighted by Crippen LogP contribution is 2.21. The quantitative estimate of drug-likeness (QED) is 0.893. The van der Waals surface area contributed by atoms with Crippen LogP contribution in [-0.4, -0.2) is 37.6 Å². The minimum atomic E-state index is -0.202. The predicted molar refractivity (Wildman–Crippen MR) is 99.0 cm³/mol. The number of carbonyl (C=O) groups is 2. The Hall–Kier alpha value is -2.18. The zero-order valence-electron chi connectivity index (χ0n) is 14.5. The number of ether oxygens (including phenoxy) is 1. The van der Waals surface area contributed by atoms with Crippen LogP contribution in [0.5, 0.6) is 0 Å². The zero-order valence-corrected chi connectivity index (χ0v) is 15.3. The summed E-state index contributed by atoms with van der Waals surface area (Å²) in [5.74, 6) is -0.0786. The van der Waals surface area contributed by atoms with Gasteiger partial charge in [-0.15, -0.1) is 11.3 Å². The topological polar surface area (TPSA) is 58.6 Å². The zero-order chi connectivity index (χ0) is 17.8. The third kappa shape index (κ3) is 4.46. The van der Waals surface area contributed by atoms with Crippen LogP contribution < -0.4 is 10.2 Å². The first-order valence-corrected chi connectivity index (χ1v) is 9.19. The van der Waals surface area contributed by atoms with E-state index in [0.29, 0.717) is 19.5 Å². The molecule has 1 unspecified atom stereocenters. The van der Waals surface area contributed by atoms with Crippen molar-refractivity contribution in [2.24, 2.45) is 0 Å². The van der Waals surface area contributed by atoms with Crippen LogP contribution in [-0.2, 0) is 20.7 Å². The first-order valence-electron chi connectivity index (χ1n) is 8.31. The average molecular weight is 358 g/mol. The second-order valence-corrected chi connectivity index (χ2v) is 7.30. The van der Waals surface area contributed by atoms with Gasteiger partial charge < -0.3 is 15.0 Å². The van der Waals surface area contributed by atoms with Crippen molar-refractivity contribution in [1.29, 1.82) is 0 Å². The summed E-state index contributed by atoms with van der Waals surface area (Å²) < 4.78 is 5.58. The van der Waals surface area contributed by atoms with Gasteiger partial charge in [-0.05, 0) is 48.6 Å². The molecule has 1 aliphatic rings. The number of amides is 2. The molecule has 3 rings (SSSR count). The minimum Gasteiger partial charge on any atom is -0.365 e. The number of rotatable bonds is 5. The molecule has 0 saturated carbocycles. The smallest absolute Gasteiger partial charge is 0.253 e. The number of morpholine rings is 1. The maximum atomic E-state index is 12.2. The summed E-state index contributed by atoms with van der Waals surface area (Å²) in [7, 11) is 0. The van der Waals surface area contributed by atoms with Gasteiger partial charge in [-0.1, -0.05) is 12.1 Å². The molecule has 1 N–H and O–H groups in total. The molecule has 0 spiro atoms. The van der Waals surface area contributed by atoms with Gasteiger partial charge in [0.25, 0.3) is 5.91 Å². The Labute approximate surface area is 151 Å². The number of nitrogens with zero attached hydrogens (tertiary/aromatic N) is 1. The number of thiophene rings is 1. The fourth-order valence-corrected chi connectivity index (χ4v) is 3.46. The van der Waals surface area contributed by atoms with Gasteiger partial charge in [-0.3, -0.25) is 9.59 Å². The number of hydrogen-bond donors (Lipinski definition) is 1. The van der Waals surface area contributed by atoms with Gasteiger partial charge in [-0.25, -0.2) is 0 Å². The van der Waals surface area contributed by atoms with Crippen LogP contribution >= 0.6 is 11.3 Å². The summed E-state index contributed by atoms with van der Waals surface area (Å²) in [5, 5.41) is 4.86. The maximum absolute atomic E-state index is 12.2. The molecule has 25 heavy (non-hydrogen) atoms. The number of carbonyl (C=O) groups excluding carboxylic acids is 2. The van der Waals surface area contributed by atoms with Crippen molar-refractivity contribution in [1.82, 2.24) is 5.32 Å². The average Bonchev–Trinajstić information content (AvgIpc) is 3.09. The Bertz CT molecular complexity index is 758. The number of benzene rings is 1. The van der Waals surface area contributed by atoms with E-state index in [1.165, 1.54) is 5.56 Å². The van der Waals surface area contributed by atoms with E-state index in [4.69, 9.17) is 4.74 Å². The second kappa shape index (κ2) is 7.80. The summed E-state index contributed by atoms with van der Waals surface area (Å²) in [4.78, 5) is 27.0. The maximum Gasteiger partial charge on any atom is 0.253 e. The highest BCUT2D eigenvalue weighted by molar-refractivity contribution is 7.10. The van der Waals surface area contributed by atoms with Crippen molar-refractivity contribution in [2.45, 2.75) is 26.4 Å². The monoisotopic (exact) mass is 358 g/mol. The molecule has 0 bridgehead atoms. The fraction of sp³-hybridized carbons (Fsp3) is 0.368. The summed E-state index contributed by atoms with van der Waals surface area (Å²) in [6, 6.07) is 9.88. The van der Waals surface area contributed by atoms with Crippen molar-refractivity contribution >= 4 is 28.8 Å². The minimum absolute atomic E-state index is 0.0271. The molecule has 1 aromatic heterocycles. The Balaban J connectivity index is 1.57. The molecule has 2 amide bonds. The van der Waals surface area contributed by atoms with Gasteiger partial charge in [0, 0.05) is 17.1 Å².